The minimum Gasteiger partial charge on any atom is -0.493 e. The van der Waals surface area contributed by atoms with E-state index in [1.807, 2.05) is 54.6 Å². The van der Waals surface area contributed by atoms with E-state index in [2.05, 4.69) is 23.1 Å². The number of carbonyl (C=O) groups is 2. The lowest BCUT2D eigenvalue weighted by Crippen LogP contribution is -2.49. The molecule has 3 aromatic rings. The molecule has 0 heterocycles. The molecule has 0 aliphatic carbocycles. The van der Waals surface area contributed by atoms with E-state index in [4.69, 9.17) is 21.7 Å². The Morgan fingerprint density at radius 1 is 0.794 bits per heavy atom. The molecule has 0 radical (unpaired) electrons. The van der Waals surface area contributed by atoms with Crippen molar-refractivity contribution in [2.75, 3.05) is 13.2 Å². The molecule has 0 saturated heterocycles. The Balaban J connectivity index is 1.35. The number of thiocarbonyl (C=S) groups is 1. The van der Waals surface area contributed by atoms with Crippen molar-refractivity contribution in [2.45, 2.75) is 19.8 Å². The van der Waals surface area contributed by atoms with Crippen molar-refractivity contribution in [3.05, 3.63) is 95.6 Å². The maximum Gasteiger partial charge on any atom is 0.276 e. The summed E-state index contributed by atoms with van der Waals surface area (Å²) in [5.41, 5.74) is 7.67. The first-order chi connectivity index (χ1) is 16.5. The molecule has 0 atom stereocenters. The Hall–Kier alpha value is -3.91. The highest BCUT2D eigenvalue weighted by Gasteiger charge is 2.09. The lowest BCUT2D eigenvalue weighted by atomic mass is 10.2. The predicted octanol–water partition coefficient (Wildman–Crippen LogP) is 3.59. The van der Waals surface area contributed by atoms with Gasteiger partial charge in [0.1, 0.15) is 11.5 Å². The fourth-order valence-corrected chi connectivity index (χ4v) is 3.12. The van der Waals surface area contributed by atoms with Gasteiger partial charge in [-0.25, -0.2) is 0 Å². The van der Waals surface area contributed by atoms with Gasteiger partial charge in [-0.1, -0.05) is 49.4 Å². The molecule has 3 rings (SSSR count). The zero-order chi connectivity index (χ0) is 24.2. The molecule has 0 aromatic heterocycles. The van der Waals surface area contributed by atoms with Crippen LogP contribution in [-0.4, -0.2) is 30.1 Å². The van der Waals surface area contributed by atoms with E-state index in [0.717, 1.165) is 12.8 Å². The van der Waals surface area contributed by atoms with Crippen LogP contribution in [-0.2, 0) is 17.6 Å². The minimum atomic E-state index is -0.437. The topological polar surface area (TPSA) is 88.7 Å². The molecule has 0 spiro atoms. The van der Waals surface area contributed by atoms with Crippen LogP contribution in [0.5, 0.6) is 11.5 Å². The number of nitrogens with one attached hydrogen (secondary N) is 3. The van der Waals surface area contributed by atoms with Crippen LogP contribution >= 0.6 is 12.2 Å². The molecule has 7 nitrogen and oxygen atoms in total. The zero-order valence-corrected chi connectivity index (χ0v) is 19.7. The molecule has 8 heteroatoms. The second-order valence-corrected chi connectivity index (χ2v) is 7.76. The highest BCUT2D eigenvalue weighted by Crippen LogP contribution is 2.13. The summed E-state index contributed by atoms with van der Waals surface area (Å²) >= 11 is 5.06. The second-order valence-electron chi connectivity index (χ2n) is 7.35. The maximum absolute atomic E-state index is 12.4. The van der Waals surface area contributed by atoms with Crippen molar-refractivity contribution in [1.82, 2.24) is 16.2 Å². The van der Waals surface area contributed by atoms with Crippen LogP contribution in [0.3, 0.4) is 0 Å². The van der Waals surface area contributed by atoms with Gasteiger partial charge in [-0.2, -0.15) is 0 Å². The Kier molecular flexibility index (Phi) is 9.42. The molecule has 0 aliphatic rings. The number of hydrazine groups is 1. The summed E-state index contributed by atoms with van der Waals surface area (Å²) in [6.45, 7) is 2.41. The first-order valence-electron chi connectivity index (χ1n) is 10.9. The molecule has 2 amide bonds. The number of carbonyl (C=O) groups excluding carboxylic acids is 2. The standard InChI is InChI=1S/C26H27N3O4S/c1-2-19-8-12-23(13-9-19)33-18-24(30)28-29-26(34)27-25(31)21-10-14-22(15-11-21)32-17-16-20-6-4-3-5-7-20/h3-15H,2,16-18H2,1H3,(H,28,30)(H2,27,29,31,34). The average molecular weight is 478 g/mol. The van der Waals surface area contributed by atoms with Gasteiger partial charge in [0.15, 0.2) is 11.7 Å². The summed E-state index contributed by atoms with van der Waals surface area (Å²) in [6.07, 6.45) is 1.73. The summed E-state index contributed by atoms with van der Waals surface area (Å²) in [5.74, 6) is 0.420. The normalized spacial score (nSPS) is 10.1. The quantitative estimate of drug-likeness (QED) is 0.323. The van der Waals surface area contributed by atoms with Crippen LogP contribution in [0.2, 0.25) is 0 Å². The lowest BCUT2D eigenvalue weighted by Gasteiger charge is -2.12. The molecule has 0 bridgehead atoms. The first-order valence-corrected chi connectivity index (χ1v) is 11.3. The van der Waals surface area contributed by atoms with Crippen LogP contribution in [0.15, 0.2) is 78.9 Å². The summed E-state index contributed by atoms with van der Waals surface area (Å²) < 4.78 is 11.1. The van der Waals surface area contributed by atoms with Gasteiger partial charge in [0.2, 0.25) is 0 Å². The second kappa shape index (κ2) is 13.0. The van der Waals surface area contributed by atoms with Gasteiger partial charge in [-0.15, -0.1) is 0 Å². The Morgan fingerprint density at radius 2 is 1.44 bits per heavy atom. The summed E-state index contributed by atoms with van der Waals surface area (Å²) in [7, 11) is 0. The molecule has 0 unspecified atom stereocenters. The van der Waals surface area contributed by atoms with Gasteiger partial charge in [-0.05, 0) is 66.2 Å². The first kappa shape index (κ1) is 24.7. The molecule has 34 heavy (non-hydrogen) atoms. The van der Waals surface area contributed by atoms with Crippen LogP contribution in [0.1, 0.15) is 28.4 Å². The van der Waals surface area contributed by atoms with Crippen molar-refractivity contribution in [1.29, 1.82) is 0 Å². The van der Waals surface area contributed by atoms with Crippen molar-refractivity contribution in [2.24, 2.45) is 0 Å². The van der Waals surface area contributed by atoms with Crippen LogP contribution in [0.4, 0.5) is 0 Å². The molecular weight excluding hydrogens is 450 g/mol. The third kappa shape index (κ3) is 8.22. The molecular formula is C26H27N3O4S. The predicted molar refractivity (Wildman–Crippen MR) is 135 cm³/mol. The highest BCUT2D eigenvalue weighted by molar-refractivity contribution is 7.80. The van der Waals surface area contributed by atoms with E-state index < -0.39 is 11.8 Å². The Morgan fingerprint density at radius 3 is 2.12 bits per heavy atom. The van der Waals surface area contributed by atoms with E-state index in [1.165, 1.54) is 11.1 Å². The number of aryl methyl sites for hydroxylation is 1. The largest absolute Gasteiger partial charge is 0.493 e. The average Bonchev–Trinajstić information content (AvgIpc) is 2.87. The van der Waals surface area contributed by atoms with Gasteiger partial charge >= 0.3 is 0 Å². The molecule has 0 saturated carbocycles. The van der Waals surface area contributed by atoms with E-state index in [-0.39, 0.29) is 11.7 Å². The molecule has 3 N–H and O–H groups in total. The number of ether oxygens (including phenoxy) is 2. The molecule has 3 aromatic carbocycles. The van der Waals surface area contributed by atoms with Crippen LogP contribution < -0.4 is 25.6 Å². The fraction of sp³-hybridized carbons (Fsp3) is 0.192. The Labute approximate surface area is 204 Å². The summed E-state index contributed by atoms with van der Waals surface area (Å²) in [4.78, 5) is 24.3. The molecule has 176 valence electrons. The van der Waals surface area contributed by atoms with Gasteiger partial charge < -0.3 is 9.47 Å². The zero-order valence-electron chi connectivity index (χ0n) is 18.9. The summed E-state index contributed by atoms with van der Waals surface area (Å²) in [5, 5.41) is 2.47. The van der Waals surface area contributed by atoms with Crippen molar-refractivity contribution >= 4 is 29.1 Å². The van der Waals surface area contributed by atoms with Crippen molar-refractivity contribution in [3.8, 4) is 11.5 Å². The van der Waals surface area contributed by atoms with Crippen molar-refractivity contribution < 1.29 is 19.1 Å². The monoisotopic (exact) mass is 477 g/mol. The molecule has 0 fully saturated rings. The smallest absolute Gasteiger partial charge is 0.276 e. The van der Waals surface area contributed by atoms with E-state index >= 15 is 0 Å². The highest BCUT2D eigenvalue weighted by atomic mass is 32.1. The number of rotatable bonds is 9. The van der Waals surface area contributed by atoms with Gasteiger partial charge in [0.05, 0.1) is 6.61 Å². The van der Waals surface area contributed by atoms with Crippen molar-refractivity contribution in [3.63, 3.8) is 0 Å². The summed E-state index contributed by atoms with van der Waals surface area (Å²) in [6, 6.07) is 24.3. The van der Waals surface area contributed by atoms with E-state index in [1.54, 1.807) is 24.3 Å². The maximum atomic E-state index is 12.4. The van der Waals surface area contributed by atoms with Crippen LogP contribution in [0.25, 0.3) is 0 Å². The third-order valence-electron chi connectivity index (χ3n) is 4.86. The lowest BCUT2D eigenvalue weighted by molar-refractivity contribution is -0.123. The Bertz CT molecular complexity index is 1090. The van der Waals surface area contributed by atoms with Gasteiger partial charge in [0.25, 0.3) is 11.8 Å². The van der Waals surface area contributed by atoms with Gasteiger partial charge in [-0.3, -0.25) is 25.8 Å². The number of hydrogen-bond donors (Lipinski definition) is 3. The third-order valence-corrected chi connectivity index (χ3v) is 5.07. The SMILES string of the molecule is CCc1ccc(OCC(=O)NNC(=S)NC(=O)c2ccc(OCCc3ccccc3)cc2)cc1. The number of amides is 2. The van der Waals surface area contributed by atoms with Crippen LogP contribution in [0, 0.1) is 0 Å². The molecule has 0 aliphatic heterocycles. The minimum absolute atomic E-state index is 0.0335. The number of benzene rings is 3. The fourth-order valence-electron chi connectivity index (χ4n) is 2.97. The van der Waals surface area contributed by atoms with E-state index in [0.29, 0.717) is 23.7 Å². The number of hydrogen-bond acceptors (Lipinski definition) is 5. The van der Waals surface area contributed by atoms with Gasteiger partial charge in [0, 0.05) is 12.0 Å². The van der Waals surface area contributed by atoms with E-state index in [9.17, 15) is 9.59 Å².